The number of halogens is 1. The van der Waals surface area contributed by atoms with Gasteiger partial charge < -0.3 is 16.5 Å². The molecule has 0 fully saturated rings. The van der Waals surface area contributed by atoms with Gasteiger partial charge in [0.05, 0.1) is 11.3 Å². The summed E-state index contributed by atoms with van der Waals surface area (Å²) in [5.74, 6) is 4.97. The first kappa shape index (κ1) is 18.7. The number of aromatic nitrogens is 3. The molecule has 2 amide bonds. The van der Waals surface area contributed by atoms with E-state index in [1.165, 1.54) is 12.1 Å². The van der Waals surface area contributed by atoms with Crippen LogP contribution in [0.1, 0.15) is 13.8 Å². The van der Waals surface area contributed by atoms with Crippen molar-refractivity contribution in [2.75, 3.05) is 18.1 Å². The second-order valence-electron chi connectivity index (χ2n) is 5.13. The van der Waals surface area contributed by atoms with Gasteiger partial charge in [-0.3, -0.25) is 9.59 Å². The summed E-state index contributed by atoms with van der Waals surface area (Å²) in [6.07, 6.45) is 0. The molecule has 1 aromatic carbocycles. The summed E-state index contributed by atoms with van der Waals surface area (Å²) in [4.78, 5) is 23.5. The lowest BCUT2D eigenvalue weighted by atomic mass is 10.2. The zero-order valence-electron chi connectivity index (χ0n) is 13.8. The van der Waals surface area contributed by atoms with Gasteiger partial charge in [0.2, 0.25) is 17.0 Å². The van der Waals surface area contributed by atoms with Crippen molar-refractivity contribution in [2.45, 2.75) is 25.0 Å². The number of likely N-dealkylation sites (N-methyl/N-ethyl adjacent to an activating group) is 1. The fraction of sp³-hybridized carbons (Fsp3) is 0.333. The first-order valence-electron chi connectivity index (χ1n) is 7.59. The van der Waals surface area contributed by atoms with Crippen LogP contribution in [-0.4, -0.2) is 45.0 Å². The molecule has 4 N–H and O–H groups in total. The van der Waals surface area contributed by atoms with Crippen molar-refractivity contribution in [3.63, 3.8) is 0 Å². The zero-order chi connectivity index (χ0) is 18.4. The molecule has 0 aliphatic rings. The number of nitrogens with zero attached hydrogens (tertiary/aromatic N) is 3. The van der Waals surface area contributed by atoms with E-state index >= 15 is 0 Å². The molecular weight excluding hydrogens is 347 g/mol. The Morgan fingerprint density at radius 2 is 2.08 bits per heavy atom. The first-order valence-corrected chi connectivity index (χ1v) is 8.57. The van der Waals surface area contributed by atoms with Crippen molar-refractivity contribution in [3.8, 4) is 11.4 Å². The van der Waals surface area contributed by atoms with Crippen molar-refractivity contribution in [1.29, 1.82) is 0 Å². The molecule has 0 bridgehead atoms. The maximum absolute atomic E-state index is 13.8. The van der Waals surface area contributed by atoms with Crippen LogP contribution < -0.4 is 16.5 Å². The topological polar surface area (TPSA) is 115 Å². The Bertz CT molecular complexity index is 766. The van der Waals surface area contributed by atoms with Crippen LogP contribution in [0.25, 0.3) is 11.4 Å². The number of hydrogen-bond donors (Lipinski definition) is 3. The molecule has 134 valence electrons. The summed E-state index contributed by atoms with van der Waals surface area (Å²) < 4.78 is 14.9. The normalized spacial score (nSPS) is 11.8. The quantitative estimate of drug-likeness (QED) is 0.486. The van der Waals surface area contributed by atoms with Gasteiger partial charge in [-0.25, -0.2) is 9.07 Å². The van der Waals surface area contributed by atoms with E-state index in [0.29, 0.717) is 6.54 Å². The Hall–Kier alpha value is -2.62. The number of amides is 2. The molecule has 0 saturated heterocycles. The van der Waals surface area contributed by atoms with Crippen LogP contribution in [0.3, 0.4) is 0 Å². The van der Waals surface area contributed by atoms with Gasteiger partial charge in [-0.1, -0.05) is 23.9 Å². The minimum atomic E-state index is -0.641. The lowest BCUT2D eigenvalue weighted by Crippen LogP contribution is -2.45. The van der Waals surface area contributed by atoms with E-state index in [2.05, 4.69) is 20.8 Å². The van der Waals surface area contributed by atoms with E-state index in [0.717, 1.165) is 16.4 Å². The fourth-order valence-electron chi connectivity index (χ4n) is 2.01. The molecule has 1 heterocycles. The predicted octanol–water partition coefficient (Wildman–Crippen LogP) is 0.531. The average molecular weight is 366 g/mol. The van der Waals surface area contributed by atoms with Crippen LogP contribution in [0.15, 0.2) is 29.4 Å². The van der Waals surface area contributed by atoms with Crippen LogP contribution in [0.5, 0.6) is 0 Å². The number of hydrogen-bond acceptors (Lipinski definition) is 6. The monoisotopic (exact) mass is 366 g/mol. The van der Waals surface area contributed by atoms with Crippen LogP contribution in [0.2, 0.25) is 0 Å². The van der Waals surface area contributed by atoms with Gasteiger partial charge in [0, 0.05) is 6.54 Å². The van der Waals surface area contributed by atoms with E-state index in [9.17, 15) is 14.0 Å². The third-order valence-electron chi connectivity index (χ3n) is 3.23. The van der Waals surface area contributed by atoms with Crippen molar-refractivity contribution in [1.82, 2.24) is 25.5 Å². The number of nitrogens with two attached hydrogens (primary N) is 1. The highest BCUT2D eigenvalue weighted by Crippen LogP contribution is 2.23. The molecule has 0 aliphatic carbocycles. The minimum absolute atomic E-state index is 0.00362. The molecule has 0 aliphatic heterocycles. The smallest absolute Gasteiger partial charge is 0.242 e. The van der Waals surface area contributed by atoms with Gasteiger partial charge >= 0.3 is 0 Å². The highest BCUT2D eigenvalue weighted by molar-refractivity contribution is 7.99. The largest absolute Gasteiger partial charge is 0.355 e. The number of carbonyl (C=O) groups excluding carboxylic acids is 2. The van der Waals surface area contributed by atoms with Gasteiger partial charge in [-0.15, -0.1) is 10.2 Å². The molecule has 8 nitrogen and oxygen atoms in total. The zero-order valence-corrected chi connectivity index (χ0v) is 14.6. The maximum Gasteiger partial charge on any atom is 0.242 e. The van der Waals surface area contributed by atoms with E-state index in [4.69, 9.17) is 5.84 Å². The summed E-state index contributed by atoms with van der Waals surface area (Å²) in [5, 5.41) is 13.2. The van der Waals surface area contributed by atoms with Crippen LogP contribution in [0.4, 0.5) is 4.39 Å². The Labute approximate surface area is 148 Å². The summed E-state index contributed by atoms with van der Waals surface area (Å²) in [5.41, 5.74) is 0.221. The summed E-state index contributed by atoms with van der Waals surface area (Å²) in [6.45, 7) is 3.88. The van der Waals surface area contributed by atoms with E-state index in [-0.39, 0.29) is 34.1 Å². The van der Waals surface area contributed by atoms with E-state index in [1.54, 1.807) is 26.0 Å². The average Bonchev–Trinajstić information content (AvgIpc) is 2.94. The molecular formula is C15H19FN6O2S. The fourth-order valence-corrected chi connectivity index (χ4v) is 2.68. The SMILES string of the molecule is CCNC(=O)[C@H](C)NC(=O)CSc1nnc(-c2ccccc2F)n1N. The Morgan fingerprint density at radius 3 is 2.76 bits per heavy atom. The highest BCUT2D eigenvalue weighted by atomic mass is 32.2. The van der Waals surface area contributed by atoms with Gasteiger partial charge in [0.25, 0.3) is 0 Å². The Kier molecular flexibility index (Phi) is 6.34. The van der Waals surface area contributed by atoms with Gasteiger partial charge in [-0.05, 0) is 26.0 Å². The third-order valence-corrected chi connectivity index (χ3v) is 4.18. The highest BCUT2D eigenvalue weighted by Gasteiger charge is 2.18. The number of rotatable bonds is 7. The molecule has 25 heavy (non-hydrogen) atoms. The molecule has 10 heteroatoms. The van der Waals surface area contributed by atoms with Crippen molar-refractivity contribution in [3.05, 3.63) is 30.1 Å². The number of carbonyl (C=O) groups is 2. The number of thioether (sulfide) groups is 1. The molecule has 0 unspecified atom stereocenters. The molecule has 2 aromatic rings. The minimum Gasteiger partial charge on any atom is -0.355 e. The second-order valence-corrected chi connectivity index (χ2v) is 6.07. The summed E-state index contributed by atoms with van der Waals surface area (Å²) in [6, 6.07) is 5.42. The standard InChI is InChI=1S/C15H19FN6O2S/c1-3-18-14(24)9(2)19-12(23)8-25-15-21-20-13(22(15)17)10-6-4-5-7-11(10)16/h4-7,9H,3,8,17H2,1-2H3,(H,18,24)(H,19,23)/t9-/m0/s1. The lowest BCUT2D eigenvalue weighted by molar-refractivity contribution is -0.127. The van der Waals surface area contributed by atoms with Crippen LogP contribution in [0, 0.1) is 5.82 Å². The number of nitrogen functional groups attached to an aromatic ring is 1. The predicted molar refractivity (Wildman–Crippen MR) is 92.6 cm³/mol. The van der Waals surface area contributed by atoms with Crippen LogP contribution >= 0.6 is 11.8 Å². The summed E-state index contributed by atoms with van der Waals surface area (Å²) in [7, 11) is 0. The number of nitrogens with one attached hydrogen (secondary N) is 2. The third kappa shape index (κ3) is 4.69. The molecule has 1 aromatic heterocycles. The Morgan fingerprint density at radius 1 is 1.36 bits per heavy atom. The van der Waals surface area contributed by atoms with E-state index in [1.807, 2.05) is 0 Å². The lowest BCUT2D eigenvalue weighted by Gasteiger charge is -2.12. The van der Waals surface area contributed by atoms with Gasteiger partial charge in [0.1, 0.15) is 11.9 Å². The van der Waals surface area contributed by atoms with Crippen LogP contribution in [-0.2, 0) is 9.59 Å². The Balaban J connectivity index is 1.97. The van der Waals surface area contributed by atoms with Gasteiger partial charge in [-0.2, -0.15) is 0 Å². The van der Waals surface area contributed by atoms with Crippen molar-refractivity contribution in [2.24, 2.45) is 0 Å². The summed E-state index contributed by atoms with van der Waals surface area (Å²) >= 11 is 1.04. The van der Waals surface area contributed by atoms with Gasteiger partial charge in [0.15, 0.2) is 5.82 Å². The molecule has 2 rings (SSSR count). The first-order chi connectivity index (χ1) is 11.9. The van der Waals surface area contributed by atoms with Crippen molar-refractivity contribution < 1.29 is 14.0 Å². The number of benzene rings is 1. The molecule has 1 atom stereocenters. The maximum atomic E-state index is 13.8. The molecule has 0 radical (unpaired) electrons. The van der Waals surface area contributed by atoms with Crippen molar-refractivity contribution >= 4 is 23.6 Å². The second kappa shape index (κ2) is 8.47. The molecule has 0 spiro atoms. The molecule has 0 saturated carbocycles. The van der Waals surface area contributed by atoms with E-state index < -0.39 is 11.9 Å².